The lowest BCUT2D eigenvalue weighted by Gasteiger charge is -2.35. The van der Waals surface area contributed by atoms with Crippen LogP contribution in [0.2, 0.25) is 0 Å². The quantitative estimate of drug-likeness (QED) is 0.242. The molecule has 40 heavy (non-hydrogen) atoms. The van der Waals surface area contributed by atoms with Crippen LogP contribution < -0.4 is 15.4 Å². The summed E-state index contributed by atoms with van der Waals surface area (Å²) in [5.74, 6) is 0.489. The maximum Gasteiger partial charge on any atom is 0.246 e. The molecule has 3 N–H and O–H groups in total. The Morgan fingerprint density at radius 2 is 1.75 bits per heavy atom. The van der Waals surface area contributed by atoms with Crippen molar-refractivity contribution in [3.05, 3.63) is 95.9 Å². The number of fused-ring (bicyclic) bond motifs is 1. The predicted octanol–water partition coefficient (Wildman–Crippen LogP) is 5.67. The Labute approximate surface area is 235 Å². The number of carbonyl (C=O) groups is 2. The molecule has 1 aliphatic rings. The number of carbonyl (C=O) groups excluding carboxylic acids is 2. The zero-order valence-corrected chi connectivity index (χ0v) is 23.3. The van der Waals surface area contributed by atoms with Gasteiger partial charge in [0.15, 0.2) is 0 Å². The molecule has 2 aromatic carbocycles. The number of aromatic amines is 1. The van der Waals surface area contributed by atoms with Crippen LogP contribution in [-0.2, 0) is 22.4 Å². The molecule has 1 fully saturated rings. The first-order valence-corrected chi connectivity index (χ1v) is 14.2. The Bertz CT molecular complexity index is 1440. The van der Waals surface area contributed by atoms with Crippen molar-refractivity contribution in [2.75, 3.05) is 7.11 Å². The minimum Gasteiger partial charge on any atom is -0.496 e. The minimum atomic E-state index is -1.20. The number of rotatable bonds is 10. The first-order valence-electron chi connectivity index (χ1n) is 14.2. The van der Waals surface area contributed by atoms with E-state index in [4.69, 9.17) is 4.74 Å². The molecule has 2 atom stereocenters. The SMILES string of the molecule is COc1ccccc1CC(=O)NC(C)(Cc1c[nH]c2ccccc12)C(=O)NC(c1ccccn1)C1CCCCC1. The number of aromatic nitrogens is 2. The summed E-state index contributed by atoms with van der Waals surface area (Å²) in [6.45, 7) is 1.82. The van der Waals surface area contributed by atoms with Crippen molar-refractivity contribution in [1.82, 2.24) is 20.6 Å². The van der Waals surface area contributed by atoms with Gasteiger partial charge in [-0.15, -0.1) is 0 Å². The molecule has 7 heteroatoms. The van der Waals surface area contributed by atoms with E-state index in [1.807, 2.05) is 79.9 Å². The van der Waals surface area contributed by atoms with E-state index in [9.17, 15) is 9.59 Å². The summed E-state index contributed by atoms with van der Waals surface area (Å²) in [5, 5.41) is 7.50. The van der Waals surface area contributed by atoms with Crippen molar-refractivity contribution >= 4 is 22.7 Å². The number of methoxy groups -OCH3 is 1. The van der Waals surface area contributed by atoms with Crippen LogP contribution in [0.4, 0.5) is 0 Å². The molecule has 1 saturated carbocycles. The number of hydrogen-bond donors (Lipinski definition) is 3. The molecular weight excluding hydrogens is 500 g/mol. The first kappa shape index (κ1) is 27.4. The maximum atomic E-state index is 14.3. The van der Waals surface area contributed by atoms with Crippen molar-refractivity contribution in [1.29, 1.82) is 0 Å². The molecule has 2 heterocycles. The van der Waals surface area contributed by atoms with Gasteiger partial charge < -0.3 is 20.4 Å². The standard InChI is InChI=1S/C33H38N4O3/c1-33(21-25-22-35-27-16-8-7-15-26(25)27,37-30(38)20-24-14-6-9-18-29(24)40-2)32(39)36-31(23-12-4-3-5-13-23)28-17-10-11-19-34-28/h6-11,14-19,22-23,31,35H,3-5,12-13,20-21H2,1-2H3,(H,36,39)(H,37,38). The molecule has 0 saturated heterocycles. The molecule has 0 radical (unpaired) electrons. The highest BCUT2D eigenvalue weighted by atomic mass is 16.5. The number of ether oxygens (including phenoxy) is 1. The number of benzene rings is 2. The fraction of sp³-hybridized carbons (Fsp3) is 0.364. The highest BCUT2D eigenvalue weighted by molar-refractivity contribution is 5.93. The van der Waals surface area contributed by atoms with Crippen molar-refractivity contribution in [2.24, 2.45) is 5.92 Å². The maximum absolute atomic E-state index is 14.3. The lowest BCUT2D eigenvalue weighted by atomic mass is 9.81. The number of nitrogens with zero attached hydrogens (tertiary/aromatic N) is 1. The Morgan fingerprint density at radius 1 is 1.00 bits per heavy atom. The summed E-state index contributed by atoms with van der Waals surface area (Å²) in [7, 11) is 1.59. The zero-order chi connectivity index (χ0) is 28.0. The second kappa shape index (κ2) is 12.4. The summed E-state index contributed by atoms with van der Waals surface area (Å²) >= 11 is 0. The van der Waals surface area contributed by atoms with Gasteiger partial charge in [-0.1, -0.05) is 61.7 Å². The van der Waals surface area contributed by atoms with Gasteiger partial charge in [0.05, 0.1) is 25.3 Å². The van der Waals surface area contributed by atoms with Gasteiger partial charge in [-0.3, -0.25) is 14.6 Å². The van der Waals surface area contributed by atoms with E-state index < -0.39 is 5.54 Å². The Hall–Kier alpha value is -4.13. The van der Waals surface area contributed by atoms with Crippen LogP contribution in [0.15, 0.2) is 79.1 Å². The Kier molecular flexibility index (Phi) is 8.48. The minimum absolute atomic E-state index is 0.104. The molecule has 2 unspecified atom stereocenters. The number of hydrogen-bond acceptors (Lipinski definition) is 4. The van der Waals surface area contributed by atoms with E-state index in [-0.39, 0.29) is 24.3 Å². The van der Waals surface area contributed by atoms with Gasteiger partial charge in [0.2, 0.25) is 11.8 Å². The fourth-order valence-corrected chi connectivity index (χ4v) is 5.98. The largest absolute Gasteiger partial charge is 0.496 e. The molecule has 208 valence electrons. The van der Waals surface area contributed by atoms with Crippen LogP contribution in [-0.4, -0.2) is 34.4 Å². The number of H-pyrrole nitrogens is 1. The molecule has 0 bridgehead atoms. The van der Waals surface area contributed by atoms with Crippen molar-refractivity contribution in [2.45, 2.75) is 63.5 Å². The van der Waals surface area contributed by atoms with E-state index in [2.05, 4.69) is 20.6 Å². The average Bonchev–Trinajstić information content (AvgIpc) is 3.39. The first-order chi connectivity index (χ1) is 19.5. The van der Waals surface area contributed by atoms with Gasteiger partial charge in [-0.25, -0.2) is 0 Å². The molecule has 7 nitrogen and oxygen atoms in total. The topological polar surface area (TPSA) is 96.1 Å². The normalized spacial score (nSPS) is 16.1. The van der Waals surface area contributed by atoms with Crippen molar-refractivity contribution in [3.63, 3.8) is 0 Å². The smallest absolute Gasteiger partial charge is 0.246 e. The number of pyridine rings is 1. The predicted molar refractivity (Wildman–Crippen MR) is 157 cm³/mol. The van der Waals surface area contributed by atoms with E-state index in [0.29, 0.717) is 18.1 Å². The lowest BCUT2D eigenvalue weighted by molar-refractivity contribution is -0.133. The van der Waals surface area contributed by atoms with Crippen LogP contribution in [0.1, 0.15) is 61.9 Å². The number of nitrogens with one attached hydrogen (secondary N) is 3. The second-order valence-corrected chi connectivity index (χ2v) is 11.0. The molecule has 2 amide bonds. The summed E-state index contributed by atoms with van der Waals surface area (Å²) in [4.78, 5) is 35.7. The monoisotopic (exact) mass is 538 g/mol. The molecule has 5 rings (SSSR count). The van der Waals surface area contributed by atoms with Gasteiger partial charge in [-0.2, -0.15) is 0 Å². The second-order valence-electron chi connectivity index (χ2n) is 11.0. The summed E-state index contributed by atoms with van der Waals surface area (Å²) in [6.07, 6.45) is 9.74. The van der Waals surface area contributed by atoms with Gasteiger partial charge in [0.1, 0.15) is 11.3 Å². The summed E-state index contributed by atoms with van der Waals surface area (Å²) in [6, 6.07) is 21.1. The van der Waals surface area contributed by atoms with Crippen molar-refractivity contribution < 1.29 is 14.3 Å². The molecule has 4 aromatic rings. The van der Waals surface area contributed by atoms with Gasteiger partial charge in [-0.05, 0) is 55.5 Å². The third kappa shape index (κ3) is 6.19. The lowest BCUT2D eigenvalue weighted by Crippen LogP contribution is -2.59. The zero-order valence-electron chi connectivity index (χ0n) is 23.3. The summed E-state index contributed by atoms with van der Waals surface area (Å²) in [5.41, 5.74) is 2.39. The summed E-state index contributed by atoms with van der Waals surface area (Å²) < 4.78 is 5.46. The Balaban J connectivity index is 1.45. The van der Waals surface area contributed by atoms with Crippen LogP contribution >= 0.6 is 0 Å². The Morgan fingerprint density at radius 3 is 2.52 bits per heavy atom. The van der Waals surface area contributed by atoms with E-state index >= 15 is 0 Å². The van der Waals surface area contributed by atoms with Crippen LogP contribution in [0.5, 0.6) is 5.75 Å². The van der Waals surface area contributed by atoms with Crippen molar-refractivity contribution in [3.8, 4) is 5.75 Å². The van der Waals surface area contributed by atoms with Crippen LogP contribution in [0.3, 0.4) is 0 Å². The average molecular weight is 539 g/mol. The third-order valence-corrected chi connectivity index (χ3v) is 8.09. The fourth-order valence-electron chi connectivity index (χ4n) is 5.98. The van der Waals surface area contributed by atoms with E-state index in [0.717, 1.165) is 53.4 Å². The third-order valence-electron chi connectivity index (χ3n) is 8.09. The number of amides is 2. The number of para-hydroxylation sites is 2. The molecule has 0 spiro atoms. The van der Waals surface area contributed by atoms with E-state index in [1.165, 1.54) is 6.42 Å². The van der Waals surface area contributed by atoms with Crippen LogP contribution in [0, 0.1) is 5.92 Å². The highest BCUT2D eigenvalue weighted by Crippen LogP contribution is 2.34. The van der Waals surface area contributed by atoms with Gasteiger partial charge in [0.25, 0.3) is 0 Å². The highest BCUT2D eigenvalue weighted by Gasteiger charge is 2.39. The molecular formula is C33H38N4O3. The van der Waals surface area contributed by atoms with E-state index in [1.54, 1.807) is 13.3 Å². The molecule has 0 aliphatic heterocycles. The van der Waals surface area contributed by atoms with Gasteiger partial charge in [0, 0.05) is 35.3 Å². The molecule has 1 aliphatic carbocycles. The molecule has 2 aromatic heterocycles. The van der Waals surface area contributed by atoms with Crippen LogP contribution in [0.25, 0.3) is 10.9 Å². The van der Waals surface area contributed by atoms with Gasteiger partial charge >= 0.3 is 0 Å².